The third kappa shape index (κ3) is 3.05. The largest absolute Gasteiger partial charge is 0.416 e. The molecule has 0 bridgehead atoms. The summed E-state index contributed by atoms with van der Waals surface area (Å²) in [5.74, 6) is -1.14. The molecule has 2 aliphatic rings. The molecular weight excluding hydrogens is 404 g/mol. The summed E-state index contributed by atoms with van der Waals surface area (Å²) >= 11 is 6.16. The van der Waals surface area contributed by atoms with Crippen molar-refractivity contribution in [1.29, 1.82) is 0 Å². The van der Waals surface area contributed by atoms with E-state index in [1.807, 2.05) is 0 Å². The molecular formula is C20H14ClF6N. The third-order valence-electron chi connectivity index (χ3n) is 5.38. The zero-order chi connectivity index (χ0) is 20.3. The van der Waals surface area contributed by atoms with Crippen molar-refractivity contribution in [2.24, 2.45) is 5.92 Å². The SMILES string of the molecule is FC(F)(F)c1ccccc1[C@@H]1Nc2c(Cl)ccc(C(F)(F)F)c2[C@H]2C=CC[C@H]21. The van der Waals surface area contributed by atoms with E-state index >= 15 is 0 Å². The fraction of sp³-hybridized carbons (Fsp3) is 0.300. The maximum absolute atomic E-state index is 13.6. The Morgan fingerprint density at radius 2 is 1.57 bits per heavy atom. The number of rotatable bonds is 1. The number of halogens is 7. The molecule has 1 heterocycles. The minimum absolute atomic E-state index is 0.000472. The first kappa shape index (κ1) is 19.2. The van der Waals surface area contributed by atoms with Gasteiger partial charge in [-0.3, -0.25) is 0 Å². The summed E-state index contributed by atoms with van der Waals surface area (Å²) in [4.78, 5) is 0. The Kier molecular flexibility index (Phi) is 4.41. The molecule has 1 aliphatic carbocycles. The van der Waals surface area contributed by atoms with Crippen LogP contribution in [0.3, 0.4) is 0 Å². The number of allylic oxidation sites excluding steroid dienone is 2. The molecule has 0 radical (unpaired) electrons. The van der Waals surface area contributed by atoms with Gasteiger partial charge in [0.25, 0.3) is 0 Å². The molecule has 1 N–H and O–H groups in total. The molecule has 0 spiro atoms. The molecule has 8 heteroatoms. The summed E-state index contributed by atoms with van der Waals surface area (Å²) in [6.07, 6.45) is -5.43. The van der Waals surface area contributed by atoms with Crippen molar-refractivity contribution in [3.8, 4) is 0 Å². The zero-order valence-corrected chi connectivity index (χ0v) is 15.0. The Hall–Kier alpha value is -2.15. The summed E-state index contributed by atoms with van der Waals surface area (Å²) in [6.45, 7) is 0. The molecule has 0 unspecified atom stereocenters. The topological polar surface area (TPSA) is 12.0 Å². The first-order valence-electron chi connectivity index (χ1n) is 8.58. The van der Waals surface area contributed by atoms with Crippen LogP contribution in [-0.4, -0.2) is 0 Å². The van der Waals surface area contributed by atoms with Gasteiger partial charge in [-0.15, -0.1) is 0 Å². The van der Waals surface area contributed by atoms with E-state index in [2.05, 4.69) is 5.32 Å². The number of hydrogen-bond acceptors (Lipinski definition) is 1. The van der Waals surface area contributed by atoms with E-state index in [1.54, 1.807) is 12.2 Å². The normalized spacial score (nSPS) is 23.9. The van der Waals surface area contributed by atoms with Gasteiger partial charge in [0.15, 0.2) is 0 Å². The third-order valence-corrected chi connectivity index (χ3v) is 5.69. The van der Waals surface area contributed by atoms with Crippen molar-refractivity contribution >= 4 is 17.3 Å². The Morgan fingerprint density at radius 3 is 2.25 bits per heavy atom. The zero-order valence-electron chi connectivity index (χ0n) is 14.2. The van der Waals surface area contributed by atoms with Crippen molar-refractivity contribution in [2.45, 2.75) is 30.7 Å². The molecule has 148 valence electrons. The van der Waals surface area contributed by atoms with Crippen LogP contribution in [0.2, 0.25) is 5.02 Å². The van der Waals surface area contributed by atoms with E-state index < -0.39 is 41.4 Å². The van der Waals surface area contributed by atoms with Crippen LogP contribution < -0.4 is 5.32 Å². The molecule has 1 aliphatic heterocycles. The minimum atomic E-state index is -4.59. The minimum Gasteiger partial charge on any atom is -0.376 e. The molecule has 0 aromatic heterocycles. The van der Waals surface area contributed by atoms with E-state index in [1.165, 1.54) is 18.2 Å². The van der Waals surface area contributed by atoms with Gasteiger partial charge in [0, 0.05) is 5.92 Å². The number of nitrogens with one attached hydrogen (secondary N) is 1. The van der Waals surface area contributed by atoms with Crippen LogP contribution in [0, 0.1) is 5.92 Å². The second kappa shape index (κ2) is 6.44. The highest BCUT2D eigenvalue weighted by Gasteiger charge is 2.46. The Bertz CT molecular complexity index is 947. The number of benzene rings is 2. The maximum Gasteiger partial charge on any atom is 0.416 e. The first-order chi connectivity index (χ1) is 13.1. The fourth-order valence-corrected chi connectivity index (χ4v) is 4.48. The molecule has 0 saturated heterocycles. The first-order valence-corrected chi connectivity index (χ1v) is 8.95. The average Bonchev–Trinajstić information content (AvgIpc) is 3.09. The summed E-state index contributed by atoms with van der Waals surface area (Å²) in [7, 11) is 0. The Balaban J connectivity index is 1.90. The lowest BCUT2D eigenvalue weighted by Crippen LogP contribution is -2.32. The van der Waals surface area contributed by atoms with Crippen LogP contribution in [0.1, 0.15) is 40.6 Å². The van der Waals surface area contributed by atoms with Crippen LogP contribution in [0.4, 0.5) is 32.0 Å². The summed E-state index contributed by atoms with van der Waals surface area (Å²) < 4.78 is 81.3. The van der Waals surface area contributed by atoms with E-state index in [4.69, 9.17) is 11.6 Å². The van der Waals surface area contributed by atoms with Crippen molar-refractivity contribution < 1.29 is 26.3 Å². The van der Waals surface area contributed by atoms with Gasteiger partial charge >= 0.3 is 12.4 Å². The quantitative estimate of drug-likeness (QED) is 0.382. The van der Waals surface area contributed by atoms with Gasteiger partial charge in [-0.25, -0.2) is 0 Å². The maximum atomic E-state index is 13.6. The molecule has 3 atom stereocenters. The van der Waals surface area contributed by atoms with E-state index in [9.17, 15) is 26.3 Å². The van der Waals surface area contributed by atoms with Crippen molar-refractivity contribution in [2.75, 3.05) is 5.32 Å². The molecule has 0 fully saturated rings. The second-order valence-corrected chi connectivity index (χ2v) is 7.35. The lowest BCUT2D eigenvalue weighted by Gasteiger charge is -2.40. The van der Waals surface area contributed by atoms with E-state index in [0.717, 1.165) is 18.2 Å². The molecule has 2 aromatic carbocycles. The highest BCUT2D eigenvalue weighted by molar-refractivity contribution is 6.33. The highest BCUT2D eigenvalue weighted by atomic mass is 35.5. The molecule has 4 rings (SSSR count). The Labute approximate surface area is 162 Å². The monoisotopic (exact) mass is 417 g/mol. The number of anilines is 1. The van der Waals surface area contributed by atoms with Gasteiger partial charge in [0.2, 0.25) is 0 Å². The van der Waals surface area contributed by atoms with Crippen molar-refractivity contribution in [1.82, 2.24) is 0 Å². The van der Waals surface area contributed by atoms with E-state index in [0.29, 0.717) is 6.42 Å². The number of alkyl halides is 6. The lowest BCUT2D eigenvalue weighted by molar-refractivity contribution is -0.138. The average molecular weight is 418 g/mol. The van der Waals surface area contributed by atoms with Gasteiger partial charge < -0.3 is 5.32 Å². The van der Waals surface area contributed by atoms with Gasteiger partial charge in [0.1, 0.15) is 0 Å². The summed E-state index contributed by atoms with van der Waals surface area (Å²) in [5, 5.41) is 2.96. The molecule has 1 nitrogen and oxygen atoms in total. The predicted octanol–water partition coefficient (Wildman–Crippen LogP) is 7.20. The number of fused-ring (bicyclic) bond motifs is 3. The predicted molar refractivity (Wildman–Crippen MR) is 94.2 cm³/mol. The Morgan fingerprint density at radius 1 is 0.893 bits per heavy atom. The standard InChI is InChI=1S/C20H14ClF6N/c21-15-9-8-14(20(25,26)27)16-10-5-3-6-11(10)17(28-18(15)16)12-4-1-2-7-13(12)19(22,23)24/h1-5,7-11,17,28H,6H2/t10-,11+,17+/m0/s1. The molecule has 0 saturated carbocycles. The smallest absolute Gasteiger partial charge is 0.376 e. The van der Waals surface area contributed by atoms with Crippen LogP contribution >= 0.6 is 11.6 Å². The fourth-order valence-electron chi connectivity index (χ4n) is 4.26. The lowest BCUT2D eigenvalue weighted by atomic mass is 9.74. The van der Waals surface area contributed by atoms with Crippen molar-refractivity contribution in [3.05, 3.63) is 75.8 Å². The van der Waals surface area contributed by atoms with E-state index in [-0.39, 0.29) is 21.8 Å². The van der Waals surface area contributed by atoms with Gasteiger partial charge in [0.05, 0.1) is 27.9 Å². The summed E-state index contributed by atoms with van der Waals surface area (Å²) in [6, 6.07) is 6.37. The number of hydrogen-bond donors (Lipinski definition) is 1. The van der Waals surface area contributed by atoms with Crippen LogP contribution in [0.5, 0.6) is 0 Å². The molecule has 2 aromatic rings. The van der Waals surface area contributed by atoms with Gasteiger partial charge in [-0.1, -0.05) is 42.0 Å². The van der Waals surface area contributed by atoms with Crippen molar-refractivity contribution in [3.63, 3.8) is 0 Å². The molecule has 0 amide bonds. The molecule has 28 heavy (non-hydrogen) atoms. The van der Waals surface area contributed by atoms with Gasteiger partial charge in [-0.05, 0) is 41.7 Å². The second-order valence-electron chi connectivity index (χ2n) is 6.94. The van der Waals surface area contributed by atoms with Crippen LogP contribution in [0.15, 0.2) is 48.6 Å². The van der Waals surface area contributed by atoms with Gasteiger partial charge in [-0.2, -0.15) is 26.3 Å². The highest BCUT2D eigenvalue weighted by Crippen LogP contribution is 2.55. The van der Waals surface area contributed by atoms with Crippen LogP contribution in [0.25, 0.3) is 0 Å². The van der Waals surface area contributed by atoms with Crippen LogP contribution in [-0.2, 0) is 12.4 Å². The summed E-state index contributed by atoms with van der Waals surface area (Å²) in [5.41, 5.74) is -1.56.